The Hall–Kier alpha value is -2.28. The van der Waals surface area contributed by atoms with Crippen LogP contribution >= 0.6 is 11.8 Å². The van der Waals surface area contributed by atoms with Crippen molar-refractivity contribution in [3.05, 3.63) is 35.7 Å². The van der Waals surface area contributed by atoms with Crippen molar-refractivity contribution in [3.63, 3.8) is 0 Å². The lowest BCUT2D eigenvalue weighted by Gasteiger charge is -2.09. The average molecular weight is 302 g/mol. The number of fused-ring (bicyclic) bond motifs is 1. The van der Waals surface area contributed by atoms with E-state index in [4.69, 9.17) is 0 Å². The van der Waals surface area contributed by atoms with Gasteiger partial charge in [0.1, 0.15) is 0 Å². The molecule has 0 aliphatic carbocycles. The summed E-state index contributed by atoms with van der Waals surface area (Å²) in [5, 5.41) is 12.2. The third-order valence-electron chi connectivity index (χ3n) is 3.18. The van der Waals surface area contributed by atoms with Crippen molar-refractivity contribution in [1.29, 1.82) is 0 Å². The summed E-state index contributed by atoms with van der Waals surface area (Å²) in [5.74, 6) is 0.494. The highest BCUT2D eigenvalue weighted by Gasteiger charge is 2.16. The maximum Gasteiger partial charge on any atom is 0.255 e. The number of aryl methyl sites for hydroxylation is 1. The number of nitrogens with zero attached hydrogens (tertiary/aromatic N) is 1. The molecule has 0 saturated carbocycles. The van der Waals surface area contributed by atoms with Gasteiger partial charge in [0.15, 0.2) is 0 Å². The van der Waals surface area contributed by atoms with E-state index in [-0.39, 0.29) is 11.8 Å². The predicted molar refractivity (Wildman–Crippen MR) is 81.7 cm³/mol. The largest absolute Gasteiger partial charge is 0.325 e. The topological polar surface area (TPSA) is 86.9 Å². The van der Waals surface area contributed by atoms with Crippen LogP contribution < -0.4 is 10.6 Å². The molecule has 2 heterocycles. The van der Waals surface area contributed by atoms with E-state index in [9.17, 15) is 9.59 Å². The molecular weight excluding hydrogens is 288 g/mol. The van der Waals surface area contributed by atoms with Crippen LogP contribution in [0.1, 0.15) is 22.5 Å². The number of aromatic amines is 1. The minimum absolute atomic E-state index is 0.0236. The van der Waals surface area contributed by atoms with Crippen molar-refractivity contribution in [3.8, 4) is 0 Å². The molecule has 0 bridgehead atoms. The van der Waals surface area contributed by atoms with Gasteiger partial charge in [-0.1, -0.05) is 0 Å². The zero-order valence-corrected chi connectivity index (χ0v) is 12.2. The highest BCUT2D eigenvalue weighted by Crippen LogP contribution is 2.31. The SMILES string of the molecule is Cc1[nH]ncc1NC(=O)c1ccc2c(c1)NC(=O)CCS2. The van der Waals surface area contributed by atoms with E-state index in [1.807, 2.05) is 13.0 Å². The number of benzene rings is 1. The number of thioether (sulfide) groups is 1. The first-order chi connectivity index (χ1) is 10.1. The van der Waals surface area contributed by atoms with Gasteiger partial charge < -0.3 is 10.6 Å². The summed E-state index contributed by atoms with van der Waals surface area (Å²) in [7, 11) is 0. The Morgan fingerprint density at radius 1 is 1.43 bits per heavy atom. The lowest BCUT2D eigenvalue weighted by atomic mass is 10.1. The number of rotatable bonds is 2. The minimum atomic E-state index is -0.231. The molecule has 7 heteroatoms. The van der Waals surface area contributed by atoms with Crippen LogP contribution in [-0.4, -0.2) is 27.8 Å². The highest BCUT2D eigenvalue weighted by atomic mass is 32.2. The second-order valence-electron chi connectivity index (χ2n) is 4.72. The molecule has 21 heavy (non-hydrogen) atoms. The standard InChI is InChI=1S/C14H14N4O2S/c1-8-11(7-15-18-8)17-14(20)9-2-3-12-10(6-9)16-13(19)4-5-21-12/h2-3,6-7H,4-5H2,1H3,(H,15,18)(H,16,19)(H,17,20). The molecule has 1 aromatic heterocycles. The summed E-state index contributed by atoms with van der Waals surface area (Å²) in [4.78, 5) is 24.8. The number of aromatic nitrogens is 2. The Morgan fingerprint density at radius 2 is 2.29 bits per heavy atom. The van der Waals surface area contributed by atoms with Gasteiger partial charge in [-0.05, 0) is 25.1 Å². The summed E-state index contributed by atoms with van der Waals surface area (Å²) >= 11 is 1.61. The molecule has 1 aliphatic rings. The third kappa shape index (κ3) is 2.92. The predicted octanol–water partition coefficient (Wildman–Crippen LogP) is 2.40. The molecule has 1 aromatic carbocycles. The fourth-order valence-corrected chi connectivity index (χ4v) is 2.97. The maximum atomic E-state index is 12.2. The van der Waals surface area contributed by atoms with Crippen molar-refractivity contribution in [1.82, 2.24) is 10.2 Å². The number of anilines is 2. The van der Waals surface area contributed by atoms with E-state index in [0.717, 1.165) is 16.3 Å². The van der Waals surface area contributed by atoms with Crippen LogP contribution in [-0.2, 0) is 4.79 Å². The molecule has 0 saturated heterocycles. The van der Waals surface area contributed by atoms with E-state index in [0.29, 0.717) is 23.4 Å². The van der Waals surface area contributed by atoms with E-state index < -0.39 is 0 Å². The molecule has 2 amide bonds. The number of hydrogen-bond acceptors (Lipinski definition) is 4. The third-order valence-corrected chi connectivity index (χ3v) is 4.26. The number of nitrogens with one attached hydrogen (secondary N) is 3. The molecule has 0 spiro atoms. The quantitative estimate of drug-likeness (QED) is 0.795. The Bertz CT molecular complexity index is 711. The lowest BCUT2D eigenvalue weighted by molar-refractivity contribution is -0.115. The molecule has 0 unspecified atom stereocenters. The van der Waals surface area contributed by atoms with E-state index in [1.165, 1.54) is 0 Å². The van der Waals surface area contributed by atoms with Crippen molar-refractivity contribution in [2.45, 2.75) is 18.2 Å². The van der Waals surface area contributed by atoms with Crippen LogP contribution in [0, 0.1) is 6.92 Å². The molecule has 3 N–H and O–H groups in total. The molecule has 1 aliphatic heterocycles. The normalized spacial score (nSPS) is 14.0. The summed E-state index contributed by atoms with van der Waals surface area (Å²) < 4.78 is 0. The molecule has 0 fully saturated rings. The minimum Gasteiger partial charge on any atom is -0.325 e. The van der Waals surface area contributed by atoms with Crippen molar-refractivity contribution >= 4 is 35.0 Å². The summed E-state index contributed by atoms with van der Waals surface area (Å²) in [6.07, 6.45) is 2.05. The Balaban J connectivity index is 1.84. The van der Waals surface area contributed by atoms with Crippen molar-refractivity contribution in [2.75, 3.05) is 16.4 Å². The number of amides is 2. The lowest BCUT2D eigenvalue weighted by Crippen LogP contribution is -2.14. The Morgan fingerprint density at radius 3 is 3.05 bits per heavy atom. The smallest absolute Gasteiger partial charge is 0.255 e. The van der Waals surface area contributed by atoms with E-state index >= 15 is 0 Å². The molecule has 108 valence electrons. The van der Waals surface area contributed by atoms with Crippen LogP contribution in [0.4, 0.5) is 11.4 Å². The van der Waals surface area contributed by atoms with Gasteiger partial charge in [0.25, 0.3) is 5.91 Å². The van der Waals surface area contributed by atoms with Gasteiger partial charge in [0.2, 0.25) is 5.91 Å². The fraction of sp³-hybridized carbons (Fsp3) is 0.214. The maximum absolute atomic E-state index is 12.2. The molecule has 3 rings (SSSR count). The first-order valence-electron chi connectivity index (χ1n) is 6.51. The van der Waals surface area contributed by atoms with Gasteiger partial charge in [0.05, 0.1) is 23.3 Å². The highest BCUT2D eigenvalue weighted by molar-refractivity contribution is 7.99. The number of H-pyrrole nitrogens is 1. The molecule has 6 nitrogen and oxygen atoms in total. The van der Waals surface area contributed by atoms with Crippen LogP contribution in [0.2, 0.25) is 0 Å². The number of carbonyl (C=O) groups excluding carboxylic acids is 2. The van der Waals surface area contributed by atoms with Gasteiger partial charge in [-0.2, -0.15) is 5.10 Å². The molecular formula is C14H14N4O2S. The zero-order chi connectivity index (χ0) is 14.8. The summed E-state index contributed by atoms with van der Waals surface area (Å²) in [5.41, 5.74) is 2.63. The van der Waals surface area contributed by atoms with Crippen LogP contribution in [0.15, 0.2) is 29.3 Å². The summed E-state index contributed by atoms with van der Waals surface area (Å²) in [6.45, 7) is 1.83. The average Bonchev–Trinajstić information content (AvgIpc) is 2.76. The number of carbonyl (C=O) groups is 2. The molecule has 0 radical (unpaired) electrons. The van der Waals surface area contributed by atoms with Crippen LogP contribution in [0.25, 0.3) is 0 Å². The molecule has 2 aromatic rings. The number of hydrogen-bond donors (Lipinski definition) is 3. The fourth-order valence-electron chi connectivity index (χ4n) is 2.03. The van der Waals surface area contributed by atoms with Gasteiger partial charge in [0, 0.05) is 22.6 Å². The first-order valence-corrected chi connectivity index (χ1v) is 7.50. The second-order valence-corrected chi connectivity index (χ2v) is 5.86. The van der Waals surface area contributed by atoms with E-state index in [1.54, 1.807) is 30.1 Å². The van der Waals surface area contributed by atoms with Gasteiger partial charge in [-0.3, -0.25) is 14.7 Å². The molecule has 0 atom stereocenters. The Labute approximate surface area is 125 Å². The second kappa shape index (κ2) is 5.61. The van der Waals surface area contributed by atoms with Gasteiger partial charge in [-0.25, -0.2) is 0 Å². The zero-order valence-electron chi connectivity index (χ0n) is 11.4. The van der Waals surface area contributed by atoms with Gasteiger partial charge >= 0.3 is 0 Å². The van der Waals surface area contributed by atoms with Crippen LogP contribution in [0.5, 0.6) is 0 Å². The van der Waals surface area contributed by atoms with Crippen molar-refractivity contribution < 1.29 is 9.59 Å². The van der Waals surface area contributed by atoms with Gasteiger partial charge in [-0.15, -0.1) is 11.8 Å². The monoisotopic (exact) mass is 302 g/mol. The van der Waals surface area contributed by atoms with Crippen LogP contribution in [0.3, 0.4) is 0 Å². The Kier molecular flexibility index (Phi) is 3.66. The summed E-state index contributed by atoms with van der Waals surface area (Å²) in [6, 6.07) is 5.33. The van der Waals surface area contributed by atoms with E-state index in [2.05, 4.69) is 20.8 Å². The van der Waals surface area contributed by atoms with Crippen molar-refractivity contribution in [2.24, 2.45) is 0 Å². The first kappa shape index (κ1) is 13.7.